The van der Waals surface area contributed by atoms with Crippen molar-refractivity contribution in [2.24, 2.45) is 0 Å². The number of nitrogens with zero attached hydrogens (tertiary/aromatic N) is 1. The van der Waals surface area contributed by atoms with Crippen LogP contribution in [0.4, 0.5) is 5.13 Å². The van der Waals surface area contributed by atoms with Gasteiger partial charge in [0.2, 0.25) is 0 Å². The zero-order chi connectivity index (χ0) is 12.6. The van der Waals surface area contributed by atoms with Crippen molar-refractivity contribution < 1.29 is 4.74 Å². The van der Waals surface area contributed by atoms with Gasteiger partial charge in [-0.3, -0.25) is 0 Å². The van der Waals surface area contributed by atoms with Crippen LogP contribution in [-0.2, 0) is 4.74 Å². The number of ether oxygens (including phenoxy) is 1. The molecule has 2 rings (SSSR count). The lowest BCUT2D eigenvalue weighted by Gasteiger charge is -2.03. The number of aromatic nitrogens is 1. The van der Waals surface area contributed by atoms with Crippen molar-refractivity contribution in [1.82, 2.24) is 4.98 Å². The lowest BCUT2D eigenvalue weighted by molar-refractivity contribution is 0.131. The number of thiazole rings is 1. The van der Waals surface area contributed by atoms with Crippen LogP contribution in [0.5, 0.6) is 0 Å². The van der Waals surface area contributed by atoms with Gasteiger partial charge < -0.3 is 10.1 Å². The number of anilines is 1. The van der Waals surface area contributed by atoms with Crippen LogP contribution in [0.25, 0.3) is 10.2 Å². The van der Waals surface area contributed by atoms with Crippen LogP contribution in [0.1, 0.15) is 26.2 Å². The van der Waals surface area contributed by atoms with E-state index in [1.165, 1.54) is 11.1 Å². The third kappa shape index (κ3) is 3.96. The molecule has 1 N–H and O–H groups in total. The van der Waals surface area contributed by atoms with Crippen LogP contribution in [0.3, 0.4) is 0 Å². The molecule has 0 bridgehead atoms. The first-order chi connectivity index (χ1) is 8.90. The Bertz CT molecular complexity index is 437. The lowest BCUT2D eigenvalue weighted by Crippen LogP contribution is -2.05. The summed E-state index contributed by atoms with van der Waals surface area (Å²) in [5.41, 5.74) is 1.07. The zero-order valence-electron chi connectivity index (χ0n) is 10.8. The monoisotopic (exact) mass is 264 g/mol. The highest BCUT2D eigenvalue weighted by molar-refractivity contribution is 7.22. The van der Waals surface area contributed by atoms with E-state index >= 15 is 0 Å². The summed E-state index contributed by atoms with van der Waals surface area (Å²) in [6.45, 7) is 4.82. The molecule has 0 aliphatic carbocycles. The Balaban J connectivity index is 1.67. The highest BCUT2D eigenvalue weighted by Gasteiger charge is 2.01. The fourth-order valence-corrected chi connectivity index (χ4v) is 2.56. The fourth-order valence-electron chi connectivity index (χ4n) is 1.67. The second-order valence-electron chi connectivity index (χ2n) is 4.23. The molecule has 0 spiro atoms. The fraction of sp³-hybridized carbons (Fsp3) is 0.500. The van der Waals surface area contributed by atoms with Gasteiger partial charge in [0, 0.05) is 19.8 Å². The molecule has 1 heterocycles. The van der Waals surface area contributed by atoms with E-state index in [-0.39, 0.29) is 0 Å². The molecule has 0 aliphatic heterocycles. The first kappa shape index (κ1) is 13.3. The number of nitrogens with one attached hydrogen (secondary N) is 1. The molecule has 1 aromatic carbocycles. The van der Waals surface area contributed by atoms with Gasteiger partial charge in [-0.25, -0.2) is 4.98 Å². The normalized spacial score (nSPS) is 10.9. The molecule has 4 heteroatoms. The molecular formula is C14H20N2OS. The van der Waals surface area contributed by atoms with Crippen molar-refractivity contribution in [3.63, 3.8) is 0 Å². The average molecular weight is 264 g/mol. The predicted octanol–water partition coefficient (Wildman–Crippen LogP) is 3.92. The SMILES string of the molecule is CCCCOCCCNc1nc2ccccc2s1. The molecule has 2 aromatic rings. The molecule has 0 fully saturated rings. The van der Waals surface area contributed by atoms with Crippen molar-refractivity contribution in [2.45, 2.75) is 26.2 Å². The Morgan fingerprint density at radius 1 is 1.22 bits per heavy atom. The van der Waals surface area contributed by atoms with Crippen LogP contribution < -0.4 is 5.32 Å². The molecule has 0 atom stereocenters. The summed E-state index contributed by atoms with van der Waals surface area (Å²) in [6, 6.07) is 8.22. The molecule has 0 unspecified atom stereocenters. The van der Waals surface area contributed by atoms with Crippen LogP contribution in [-0.4, -0.2) is 24.7 Å². The second kappa shape index (κ2) is 7.34. The van der Waals surface area contributed by atoms with E-state index in [1.807, 2.05) is 18.2 Å². The maximum Gasteiger partial charge on any atom is 0.183 e. The van der Waals surface area contributed by atoms with Gasteiger partial charge in [-0.1, -0.05) is 36.8 Å². The standard InChI is InChI=1S/C14H20N2OS/c1-2-3-10-17-11-6-9-15-14-16-12-7-4-5-8-13(12)18-14/h4-5,7-8H,2-3,6,9-11H2,1H3,(H,15,16). The first-order valence-corrected chi connectivity index (χ1v) is 7.39. The van der Waals surface area contributed by atoms with Gasteiger partial charge >= 0.3 is 0 Å². The Morgan fingerprint density at radius 3 is 2.89 bits per heavy atom. The summed E-state index contributed by atoms with van der Waals surface area (Å²) in [6.07, 6.45) is 3.38. The lowest BCUT2D eigenvalue weighted by atomic mass is 10.3. The first-order valence-electron chi connectivity index (χ1n) is 6.57. The highest BCUT2D eigenvalue weighted by atomic mass is 32.1. The van der Waals surface area contributed by atoms with E-state index in [0.717, 1.165) is 43.2 Å². The number of para-hydroxylation sites is 1. The van der Waals surface area contributed by atoms with E-state index in [9.17, 15) is 0 Å². The molecule has 0 amide bonds. The summed E-state index contributed by atoms with van der Waals surface area (Å²) in [4.78, 5) is 4.53. The van der Waals surface area contributed by atoms with Gasteiger partial charge in [-0.2, -0.15) is 0 Å². The minimum absolute atomic E-state index is 0.831. The number of hydrogen-bond acceptors (Lipinski definition) is 4. The van der Waals surface area contributed by atoms with Crippen molar-refractivity contribution in [1.29, 1.82) is 0 Å². The Labute approximate surface area is 112 Å². The van der Waals surface area contributed by atoms with Crippen molar-refractivity contribution >= 4 is 26.7 Å². The number of benzene rings is 1. The Hall–Kier alpha value is -1.13. The Morgan fingerprint density at radius 2 is 2.06 bits per heavy atom. The minimum atomic E-state index is 0.831. The molecule has 1 aromatic heterocycles. The van der Waals surface area contributed by atoms with Crippen molar-refractivity contribution in [3.05, 3.63) is 24.3 Å². The summed E-state index contributed by atoms with van der Waals surface area (Å²) in [5.74, 6) is 0. The second-order valence-corrected chi connectivity index (χ2v) is 5.26. The van der Waals surface area contributed by atoms with Crippen molar-refractivity contribution in [2.75, 3.05) is 25.1 Å². The summed E-state index contributed by atoms with van der Waals surface area (Å²) in [5, 5.41) is 4.36. The Kier molecular flexibility index (Phi) is 5.42. The number of unbranched alkanes of at least 4 members (excludes halogenated alkanes) is 1. The number of rotatable bonds is 8. The topological polar surface area (TPSA) is 34.1 Å². The molecule has 18 heavy (non-hydrogen) atoms. The van der Waals surface area contributed by atoms with Crippen LogP contribution in [0, 0.1) is 0 Å². The van der Waals surface area contributed by atoms with Gasteiger partial charge in [0.05, 0.1) is 10.2 Å². The van der Waals surface area contributed by atoms with Gasteiger partial charge in [-0.15, -0.1) is 0 Å². The largest absolute Gasteiger partial charge is 0.381 e. The van der Waals surface area contributed by atoms with Crippen LogP contribution in [0.15, 0.2) is 24.3 Å². The third-order valence-electron chi connectivity index (χ3n) is 2.68. The summed E-state index contributed by atoms with van der Waals surface area (Å²) >= 11 is 1.71. The third-order valence-corrected chi connectivity index (χ3v) is 3.67. The van der Waals surface area contributed by atoms with Gasteiger partial charge in [0.15, 0.2) is 5.13 Å². The average Bonchev–Trinajstić information content (AvgIpc) is 2.80. The predicted molar refractivity (Wildman–Crippen MR) is 78.5 cm³/mol. The van der Waals surface area contributed by atoms with Crippen molar-refractivity contribution in [3.8, 4) is 0 Å². The minimum Gasteiger partial charge on any atom is -0.381 e. The summed E-state index contributed by atoms with van der Waals surface area (Å²) in [7, 11) is 0. The van der Waals surface area contributed by atoms with Crippen LogP contribution >= 0.6 is 11.3 Å². The maximum absolute atomic E-state index is 5.51. The molecule has 98 valence electrons. The van der Waals surface area contributed by atoms with Gasteiger partial charge in [0.1, 0.15) is 0 Å². The molecule has 0 radical (unpaired) electrons. The van der Waals surface area contributed by atoms with E-state index < -0.39 is 0 Å². The van der Waals surface area contributed by atoms with Gasteiger partial charge in [0.25, 0.3) is 0 Å². The maximum atomic E-state index is 5.51. The molecule has 3 nitrogen and oxygen atoms in total. The highest BCUT2D eigenvalue weighted by Crippen LogP contribution is 2.25. The van der Waals surface area contributed by atoms with E-state index in [1.54, 1.807) is 11.3 Å². The molecule has 0 saturated heterocycles. The van der Waals surface area contributed by atoms with Gasteiger partial charge in [-0.05, 0) is 25.0 Å². The number of hydrogen-bond donors (Lipinski definition) is 1. The van der Waals surface area contributed by atoms with E-state index in [4.69, 9.17) is 4.74 Å². The van der Waals surface area contributed by atoms with E-state index in [2.05, 4.69) is 23.3 Å². The zero-order valence-corrected chi connectivity index (χ0v) is 11.6. The molecule has 0 saturated carbocycles. The molecular weight excluding hydrogens is 244 g/mol. The quantitative estimate of drug-likeness (QED) is 0.734. The number of fused-ring (bicyclic) bond motifs is 1. The molecule has 0 aliphatic rings. The summed E-state index contributed by atoms with van der Waals surface area (Å²) < 4.78 is 6.75. The van der Waals surface area contributed by atoms with E-state index in [0.29, 0.717) is 0 Å². The van der Waals surface area contributed by atoms with Crippen LogP contribution in [0.2, 0.25) is 0 Å². The smallest absolute Gasteiger partial charge is 0.183 e.